The van der Waals surface area contributed by atoms with Crippen LogP contribution in [0.2, 0.25) is 0 Å². The van der Waals surface area contributed by atoms with Gasteiger partial charge in [0.15, 0.2) is 5.65 Å². The highest BCUT2D eigenvalue weighted by Gasteiger charge is 2.05. The van der Waals surface area contributed by atoms with Crippen LogP contribution in [0, 0.1) is 0 Å². The van der Waals surface area contributed by atoms with E-state index in [0.717, 1.165) is 16.9 Å². The number of anilines is 1. The molecule has 2 N–H and O–H groups in total. The molecule has 0 aromatic carbocycles. The minimum absolute atomic E-state index is 0.564. The van der Waals surface area contributed by atoms with Crippen LogP contribution in [-0.2, 0) is 0 Å². The van der Waals surface area contributed by atoms with E-state index in [1.165, 1.54) is 0 Å². The number of pyridine rings is 1. The van der Waals surface area contributed by atoms with Gasteiger partial charge in [0.2, 0.25) is 0 Å². The third kappa shape index (κ3) is 1.30. The molecule has 5 nitrogen and oxygen atoms in total. The summed E-state index contributed by atoms with van der Waals surface area (Å²) < 4.78 is 1.60. The van der Waals surface area contributed by atoms with Crippen LogP contribution in [0.3, 0.4) is 0 Å². The van der Waals surface area contributed by atoms with Gasteiger partial charge in [0.05, 0.1) is 11.9 Å². The average Bonchev–Trinajstić information content (AvgIpc) is 2.79. The van der Waals surface area contributed by atoms with Crippen molar-refractivity contribution in [3.05, 3.63) is 42.9 Å². The lowest BCUT2D eigenvalue weighted by Crippen LogP contribution is -2.00. The summed E-state index contributed by atoms with van der Waals surface area (Å²) >= 11 is 0. The molecule has 0 atom stereocenters. The Morgan fingerprint density at radius 3 is 2.94 bits per heavy atom. The van der Waals surface area contributed by atoms with E-state index in [1.807, 2.05) is 18.2 Å². The zero-order valence-corrected chi connectivity index (χ0v) is 8.41. The highest BCUT2D eigenvalue weighted by atomic mass is 15.3. The Kier molecular flexibility index (Phi) is 1.83. The first-order valence-electron chi connectivity index (χ1n) is 4.85. The highest BCUT2D eigenvalue weighted by Crippen LogP contribution is 2.19. The molecule has 0 aliphatic rings. The van der Waals surface area contributed by atoms with E-state index >= 15 is 0 Å². The summed E-state index contributed by atoms with van der Waals surface area (Å²) in [7, 11) is 0. The molecule has 3 aromatic heterocycles. The van der Waals surface area contributed by atoms with Crippen LogP contribution in [0.4, 0.5) is 5.82 Å². The smallest absolute Gasteiger partial charge is 0.157 e. The fraction of sp³-hybridized carbons (Fsp3) is 0. The fourth-order valence-corrected chi connectivity index (χ4v) is 1.60. The Morgan fingerprint density at radius 1 is 1.19 bits per heavy atom. The Labute approximate surface area is 91.6 Å². The minimum Gasteiger partial charge on any atom is -0.384 e. The molecule has 0 saturated carbocycles. The predicted molar refractivity (Wildman–Crippen MR) is 60.6 cm³/mol. The van der Waals surface area contributed by atoms with Gasteiger partial charge in [-0.05, 0) is 12.1 Å². The molecule has 5 heteroatoms. The van der Waals surface area contributed by atoms with Gasteiger partial charge in [0, 0.05) is 30.1 Å². The highest BCUT2D eigenvalue weighted by molar-refractivity contribution is 5.64. The third-order valence-electron chi connectivity index (χ3n) is 2.34. The van der Waals surface area contributed by atoms with Gasteiger partial charge in [0.1, 0.15) is 5.82 Å². The summed E-state index contributed by atoms with van der Waals surface area (Å²) in [6.45, 7) is 0. The van der Waals surface area contributed by atoms with E-state index in [-0.39, 0.29) is 0 Å². The first kappa shape index (κ1) is 8.84. The van der Waals surface area contributed by atoms with Gasteiger partial charge in [-0.3, -0.25) is 4.98 Å². The van der Waals surface area contributed by atoms with Gasteiger partial charge in [-0.1, -0.05) is 0 Å². The lowest BCUT2D eigenvalue weighted by atomic mass is 10.2. The van der Waals surface area contributed by atoms with Crippen LogP contribution in [0.1, 0.15) is 0 Å². The number of fused-ring (bicyclic) bond motifs is 1. The van der Waals surface area contributed by atoms with E-state index in [2.05, 4.69) is 15.1 Å². The second-order valence-corrected chi connectivity index (χ2v) is 3.41. The summed E-state index contributed by atoms with van der Waals surface area (Å²) in [5, 5.41) is 4.07. The molecule has 3 aromatic rings. The van der Waals surface area contributed by atoms with E-state index in [4.69, 9.17) is 5.73 Å². The number of nitrogens with two attached hydrogens (primary N) is 1. The van der Waals surface area contributed by atoms with Crippen LogP contribution in [0.15, 0.2) is 42.9 Å². The topological polar surface area (TPSA) is 69.1 Å². The van der Waals surface area contributed by atoms with Gasteiger partial charge in [0.25, 0.3) is 0 Å². The van der Waals surface area contributed by atoms with Crippen molar-refractivity contribution in [2.75, 3.05) is 5.73 Å². The monoisotopic (exact) mass is 211 g/mol. The molecule has 0 bridgehead atoms. The first-order chi connectivity index (χ1) is 7.84. The summed E-state index contributed by atoms with van der Waals surface area (Å²) in [6.07, 6.45) is 5.16. The molecule has 16 heavy (non-hydrogen) atoms. The first-order valence-corrected chi connectivity index (χ1v) is 4.85. The van der Waals surface area contributed by atoms with Gasteiger partial charge >= 0.3 is 0 Å². The molecule has 0 aliphatic heterocycles. The molecule has 0 radical (unpaired) electrons. The minimum atomic E-state index is 0.564. The molecule has 0 aliphatic carbocycles. The van der Waals surface area contributed by atoms with Crippen LogP contribution >= 0.6 is 0 Å². The molecule has 0 spiro atoms. The van der Waals surface area contributed by atoms with Crippen molar-refractivity contribution in [3.8, 4) is 11.3 Å². The number of nitrogen functional groups attached to an aromatic ring is 1. The third-order valence-corrected chi connectivity index (χ3v) is 2.34. The predicted octanol–water partition coefficient (Wildman–Crippen LogP) is 1.37. The van der Waals surface area contributed by atoms with Crippen molar-refractivity contribution in [2.24, 2.45) is 0 Å². The Balaban J connectivity index is 2.25. The number of aromatic nitrogens is 4. The number of rotatable bonds is 1. The second kappa shape index (κ2) is 3.30. The standard InChI is InChI=1S/C11H9N5/c12-10-6-9(8-2-1-4-13-7-8)15-11-3-5-14-16(10)11/h1-7H,12H2. The van der Waals surface area contributed by atoms with E-state index in [9.17, 15) is 0 Å². The van der Waals surface area contributed by atoms with Crippen molar-refractivity contribution in [3.63, 3.8) is 0 Å². The van der Waals surface area contributed by atoms with E-state index in [1.54, 1.807) is 29.2 Å². The van der Waals surface area contributed by atoms with Gasteiger partial charge < -0.3 is 5.73 Å². The molecular formula is C11H9N5. The Hall–Kier alpha value is -2.43. The van der Waals surface area contributed by atoms with Crippen LogP contribution in [0.25, 0.3) is 16.9 Å². The van der Waals surface area contributed by atoms with Gasteiger partial charge in [-0.2, -0.15) is 9.61 Å². The molecule has 3 rings (SSSR count). The summed E-state index contributed by atoms with van der Waals surface area (Å²) in [6, 6.07) is 7.42. The van der Waals surface area contributed by atoms with Gasteiger partial charge in [-0.15, -0.1) is 0 Å². The van der Waals surface area contributed by atoms with E-state index in [0.29, 0.717) is 5.82 Å². The molecular weight excluding hydrogens is 202 g/mol. The lowest BCUT2D eigenvalue weighted by molar-refractivity contribution is 0.953. The molecule has 78 valence electrons. The average molecular weight is 211 g/mol. The lowest BCUT2D eigenvalue weighted by Gasteiger charge is -2.03. The van der Waals surface area contributed by atoms with Crippen LogP contribution in [-0.4, -0.2) is 19.6 Å². The number of hydrogen-bond donors (Lipinski definition) is 1. The summed E-state index contributed by atoms with van der Waals surface area (Å²) in [5.41, 5.74) is 8.36. The van der Waals surface area contributed by atoms with Crippen molar-refractivity contribution >= 4 is 11.5 Å². The molecule has 0 saturated heterocycles. The van der Waals surface area contributed by atoms with E-state index < -0.39 is 0 Å². The SMILES string of the molecule is Nc1cc(-c2cccnc2)nc2ccnn12. The molecule has 0 unspecified atom stereocenters. The Morgan fingerprint density at radius 2 is 2.12 bits per heavy atom. The van der Waals surface area contributed by atoms with Crippen molar-refractivity contribution in [1.82, 2.24) is 19.6 Å². The second-order valence-electron chi connectivity index (χ2n) is 3.41. The Bertz CT molecular complexity index is 629. The maximum atomic E-state index is 5.88. The molecule has 0 amide bonds. The molecule has 0 fully saturated rings. The van der Waals surface area contributed by atoms with Crippen molar-refractivity contribution in [1.29, 1.82) is 0 Å². The number of hydrogen-bond acceptors (Lipinski definition) is 4. The van der Waals surface area contributed by atoms with Crippen molar-refractivity contribution in [2.45, 2.75) is 0 Å². The van der Waals surface area contributed by atoms with Crippen LogP contribution < -0.4 is 5.73 Å². The fourth-order valence-electron chi connectivity index (χ4n) is 1.60. The zero-order chi connectivity index (χ0) is 11.0. The van der Waals surface area contributed by atoms with Crippen LogP contribution in [0.5, 0.6) is 0 Å². The van der Waals surface area contributed by atoms with Gasteiger partial charge in [-0.25, -0.2) is 4.98 Å². The largest absolute Gasteiger partial charge is 0.384 e. The number of nitrogens with zero attached hydrogens (tertiary/aromatic N) is 4. The maximum Gasteiger partial charge on any atom is 0.157 e. The quantitative estimate of drug-likeness (QED) is 0.660. The molecule has 3 heterocycles. The zero-order valence-electron chi connectivity index (χ0n) is 8.41. The van der Waals surface area contributed by atoms with Crippen molar-refractivity contribution < 1.29 is 0 Å². The summed E-state index contributed by atoms with van der Waals surface area (Å²) in [4.78, 5) is 8.50. The summed E-state index contributed by atoms with van der Waals surface area (Å²) in [5.74, 6) is 0.564. The maximum absolute atomic E-state index is 5.88. The normalized spacial score (nSPS) is 10.8.